The molecule has 0 aromatic heterocycles. The van der Waals surface area contributed by atoms with Gasteiger partial charge in [0.25, 0.3) is 0 Å². The summed E-state index contributed by atoms with van der Waals surface area (Å²) in [6.07, 6.45) is 3.58. The minimum Gasteiger partial charge on any atom is -0.391 e. The van der Waals surface area contributed by atoms with Crippen LogP contribution in [0, 0.1) is 0 Å². The van der Waals surface area contributed by atoms with Crippen LogP contribution in [0.3, 0.4) is 0 Å². The second kappa shape index (κ2) is 8.89. The monoisotopic (exact) mass is 317 g/mol. The Hall–Kier alpha value is -1.27. The van der Waals surface area contributed by atoms with Crippen LogP contribution >= 0.6 is 7.60 Å². The van der Waals surface area contributed by atoms with E-state index in [2.05, 4.69) is 23.2 Å². The van der Waals surface area contributed by atoms with Crippen molar-refractivity contribution in [1.82, 2.24) is 5.32 Å². The Morgan fingerprint density at radius 2 is 1.86 bits per heavy atom. The number of hydrogen-bond acceptors (Lipinski definition) is 7. The standard InChI is InChI=1S/C13H20NO6P/c1-3-8-18-21(17,19-9-4-2)10-12(15)20-13(16)11-6-5-7-14-11/h3-4,11,14H,1-2,5-10H2/t11-/m0/s1. The molecule has 1 fully saturated rings. The molecule has 7 nitrogen and oxygen atoms in total. The largest absolute Gasteiger partial charge is 0.391 e. The average Bonchev–Trinajstić information content (AvgIpc) is 2.97. The molecule has 1 atom stereocenters. The highest BCUT2D eigenvalue weighted by atomic mass is 31.2. The highest BCUT2D eigenvalue weighted by molar-refractivity contribution is 7.54. The van der Waals surface area contributed by atoms with Crippen LogP contribution in [0.15, 0.2) is 25.3 Å². The van der Waals surface area contributed by atoms with Crippen LogP contribution in [0.25, 0.3) is 0 Å². The number of carbonyl (C=O) groups excluding carboxylic acids is 2. The Balaban J connectivity index is 2.53. The third kappa shape index (κ3) is 6.35. The number of ether oxygens (including phenoxy) is 1. The minimum absolute atomic E-state index is 0.0418. The van der Waals surface area contributed by atoms with Gasteiger partial charge in [-0.15, -0.1) is 13.2 Å². The molecule has 1 N–H and O–H groups in total. The zero-order chi connectivity index (χ0) is 15.7. The lowest BCUT2D eigenvalue weighted by Gasteiger charge is -2.16. The third-order valence-electron chi connectivity index (χ3n) is 2.66. The minimum atomic E-state index is -3.69. The molecule has 0 unspecified atom stereocenters. The molecule has 0 spiro atoms. The van der Waals surface area contributed by atoms with Crippen LogP contribution in [0.2, 0.25) is 0 Å². The molecule has 0 radical (unpaired) electrons. The average molecular weight is 317 g/mol. The number of nitrogens with one attached hydrogen (secondary N) is 1. The van der Waals surface area contributed by atoms with E-state index in [1.165, 1.54) is 12.2 Å². The van der Waals surface area contributed by atoms with Gasteiger partial charge < -0.3 is 19.1 Å². The van der Waals surface area contributed by atoms with Crippen LogP contribution in [0.1, 0.15) is 12.8 Å². The van der Waals surface area contributed by atoms with Crippen LogP contribution in [0.4, 0.5) is 0 Å². The van der Waals surface area contributed by atoms with Gasteiger partial charge in [-0.05, 0) is 19.4 Å². The second-order valence-corrected chi connectivity index (χ2v) is 6.43. The molecule has 21 heavy (non-hydrogen) atoms. The summed E-state index contributed by atoms with van der Waals surface area (Å²) in [5.41, 5.74) is 0. The molecule has 1 aliphatic heterocycles. The van der Waals surface area contributed by atoms with E-state index < -0.39 is 31.7 Å². The molecule has 118 valence electrons. The lowest BCUT2D eigenvalue weighted by molar-refractivity contribution is -0.159. The zero-order valence-corrected chi connectivity index (χ0v) is 12.7. The Kier molecular flexibility index (Phi) is 7.53. The van der Waals surface area contributed by atoms with Crippen molar-refractivity contribution >= 4 is 19.5 Å². The predicted molar refractivity (Wildman–Crippen MR) is 76.9 cm³/mol. The van der Waals surface area contributed by atoms with E-state index in [1.54, 1.807) is 0 Å². The van der Waals surface area contributed by atoms with E-state index in [9.17, 15) is 14.2 Å². The molecule has 1 heterocycles. The molecule has 0 saturated carbocycles. The van der Waals surface area contributed by atoms with E-state index >= 15 is 0 Å². The van der Waals surface area contributed by atoms with Gasteiger partial charge in [-0.2, -0.15) is 0 Å². The van der Waals surface area contributed by atoms with Crippen LogP contribution in [-0.4, -0.2) is 43.9 Å². The van der Waals surface area contributed by atoms with E-state index in [-0.39, 0.29) is 13.2 Å². The molecule has 8 heteroatoms. The van der Waals surface area contributed by atoms with Crippen LogP contribution < -0.4 is 5.32 Å². The van der Waals surface area contributed by atoms with E-state index in [0.717, 1.165) is 6.42 Å². The Labute approximate surface area is 123 Å². The quantitative estimate of drug-likeness (QED) is 0.297. The van der Waals surface area contributed by atoms with Gasteiger partial charge in [0, 0.05) is 0 Å². The molecule has 0 aliphatic carbocycles. The molecule has 1 rings (SSSR count). The van der Waals surface area contributed by atoms with E-state index in [1.807, 2.05) is 0 Å². The maximum atomic E-state index is 12.3. The Morgan fingerprint density at radius 3 is 2.33 bits per heavy atom. The topological polar surface area (TPSA) is 90.9 Å². The maximum Gasteiger partial charge on any atom is 0.342 e. The zero-order valence-electron chi connectivity index (χ0n) is 11.8. The molecular formula is C13H20NO6P. The number of rotatable bonds is 9. The molecular weight excluding hydrogens is 297 g/mol. The molecule has 0 aromatic rings. The summed E-state index contributed by atoms with van der Waals surface area (Å²) in [6.45, 7) is 7.47. The smallest absolute Gasteiger partial charge is 0.342 e. The second-order valence-electron chi connectivity index (χ2n) is 4.38. The normalized spacial score (nSPS) is 18.2. The summed E-state index contributed by atoms with van der Waals surface area (Å²) in [5, 5.41) is 2.91. The van der Waals surface area contributed by atoms with E-state index in [0.29, 0.717) is 13.0 Å². The first-order valence-corrected chi connectivity index (χ1v) is 8.31. The summed E-state index contributed by atoms with van der Waals surface area (Å²) >= 11 is 0. The van der Waals surface area contributed by atoms with Crippen molar-refractivity contribution in [3.63, 3.8) is 0 Å². The van der Waals surface area contributed by atoms with Gasteiger partial charge in [0.05, 0.1) is 13.2 Å². The first-order chi connectivity index (χ1) is 10.0. The van der Waals surface area contributed by atoms with Crippen molar-refractivity contribution in [3.8, 4) is 0 Å². The lowest BCUT2D eigenvalue weighted by Crippen LogP contribution is -2.34. The third-order valence-corrected chi connectivity index (χ3v) is 4.39. The van der Waals surface area contributed by atoms with Gasteiger partial charge in [0.1, 0.15) is 12.2 Å². The number of esters is 2. The van der Waals surface area contributed by atoms with Gasteiger partial charge in [-0.25, -0.2) is 4.79 Å². The fourth-order valence-electron chi connectivity index (χ4n) is 1.72. The van der Waals surface area contributed by atoms with Gasteiger partial charge in [0.15, 0.2) is 0 Å². The summed E-state index contributed by atoms with van der Waals surface area (Å²) in [4.78, 5) is 23.4. The van der Waals surface area contributed by atoms with Gasteiger partial charge in [0.2, 0.25) is 0 Å². The fraction of sp³-hybridized carbons (Fsp3) is 0.538. The number of carbonyl (C=O) groups is 2. The molecule has 0 bridgehead atoms. The first-order valence-electron chi connectivity index (χ1n) is 6.58. The van der Waals surface area contributed by atoms with E-state index in [4.69, 9.17) is 9.05 Å². The Morgan fingerprint density at radius 1 is 1.24 bits per heavy atom. The summed E-state index contributed by atoms with van der Waals surface area (Å²) in [5.74, 6) is -1.61. The SMILES string of the molecule is C=CCOP(=O)(CC(=O)OC(=O)[C@@H]1CCCN1)OCC=C. The van der Waals surface area contributed by atoms with Gasteiger partial charge in [-0.1, -0.05) is 12.2 Å². The van der Waals surface area contributed by atoms with Crippen LogP contribution in [-0.2, 0) is 27.9 Å². The summed E-state index contributed by atoms with van der Waals surface area (Å²) in [7, 11) is -3.69. The molecule has 1 aliphatic rings. The highest BCUT2D eigenvalue weighted by Crippen LogP contribution is 2.48. The maximum absolute atomic E-state index is 12.3. The van der Waals surface area contributed by atoms with Gasteiger partial charge >= 0.3 is 19.5 Å². The fourth-order valence-corrected chi connectivity index (χ4v) is 3.02. The summed E-state index contributed by atoms with van der Waals surface area (Å²) < 4.78 is 26.9. The molecule has 0 amide bonds. The van der Waals surface area contributed by atoms with Crippen molar-refractivity contribution in [1.29, 1.82) is 0 Å². The van der Waals surface area contributed by atoms with Crippen molar-refractivity contribution < 1.29 is 27.9 Å². The van der Waals surface area contributed by atoms with Crippen molar-refractivity contribution in [2.45, 2.75) is 18.9 Å². The number of hydrogen-bond donors (Lipinski definition) is 1. The van der Waals surface area contributed by atoms with Crippen molar-refractivity contribution in [3.05, 3.63) is 25.3 Å². The predicted octanol–water partition coefficient (Wildman–Crippen LogP) is 1.41. The molecule has 1 saturated heterocycles. The van der Waals surface area contributed by atoms with Crippen molar-refractivity contribution in [2.75, 3.05) is 25.9 Å². The lowest BCUT2D eigenvalue weighted by atomic mass is 10.2. The van der Waals surface area contributed by atoms with Crippen LogP contribution in [0.5, 0.6) is 0 Å². The van der Waals surface area contributed by atoms with Crippen molar-refractivity contribution in [2.24, 2.45) is 0 Å². The molecule has 0 aromatic carbocycles. The Bertz CT molecular complexity index is 428. The highest BCUT2D eigenvalue weighted by Gasteiger charge is 2.32. The van der Waals surface area contributed by atoms with Gasteiger partial charge in [-0.3, -0.25) is 9.36 Å². The summed E-state index contributed by atoms with van der Waals surface area (Å²) in [6, 6.07) is -0.489. The first kappa shape index (κ1) is 17.8.